The quantitative estimate of drug-likeness (QED) is 0.503. The van der Waals surface area contributed by atoms with Crippen molar-refractivity contribution in [3.05, 3.63) is 24.2 Å². The van der Waals surface area contributed by atoms with Crippen LogP contribution in [0.2, 0.25) is 0 Å². The molecular formula is C12H13N5O4. The van der Waals surface area contributed by atoms with Gasteiger partial charge in [0.1, 0.15) is 36.2 Å². The van der Waals surface area contributed by atoms with Gasteiger partial charge in [-0.1, -0.05) is 0 Å². The first kappa shape index (κ1) is 11.4. The fourth-order valence-electron chi connectivity index (χ4n) is 2.44. The molecule has 0 aliphatic carbocycles. The van der Waals surface area contributed by atoms with Gasteiger partial charge in [-0.15, -0.1) is 0 Å². The normalized spacial score (nSPS) is 34.5. The highest BCUT2D eigenvalue weighted by atomic mass is 16.6. The van der Waals surface area contributed by atoms with Crippen molar-refractivity contribution in [2.45, 2.75) is 23.9 Å². The molecule has 2 aromatic rings. The second-order valence-corrected chi connectivity index (χ2v) is 4.61. The summed E-state index contributed by atoms with van der Waals surface area (Å²) in [4.78, 5) is 3.79. The number of hydrogen-bond acceptors (Lipinski definition) is 8. The molecule has 1 aliphatic rings. The number of fused-ring (bicyclic) bond motifs is 1. The smallest absolute Gasteiger partial charge is 0.225 e. The topological polar surface area (TPSA) is 150 Å². The zero-order valence-electron chi connectivity index (χ0n) is 12.6. The van der Waals surface area contributed by atoms with Gasteiger partial charge in [-0.3, -0.25) is 0 Å². The Labute approximate surface area is 121 Å². The Morgan fingerprint density at radius 1 is 1.57 bits per heavy atom. The molecule has 0 unspecified atom stereocenters. The largest absolute Gasteiger partial charge is 0.394 e. The van der Waals surface area contributed by atoms with Crippen molar-refractivity contribution in [3.63, 3.8) is 0 Å². The van der Waals surface area contributed by atoms with E-state index >= 15 is 0 Å². The number of anilines is 1. The molecule has 0 saturated carbocycles. The third kappa shape index (κ3) is 1.71. The van der Waals surface area contributed by atoms with Gasteiger partial charge in [-0.05, 0) is 12.1 Å². The van der Waals surface area contributed by atoms with E-state index in [1.165, 1.54) is 16.6 Å². The fraction of sp³-hybridized carbons (Fsp3) is 0.417. The van der Waals surface area contributed by atoms with Crippen LogP contribution >= 0.6 is 0 Å². The van der Waals surface area contributed by atoms with Crippen LogP contribution in [0.1, 0.15) is 8.44 Å². The van der Waals surface area contributed by atoms with E-state index in [-0.39, 0.29) is 11.5 Å². The maximum Gasteiger partial charge on any atom is 0.225 e. The lowest BCUT2D eigenvalue weighted by Crippen LogP contribution is -2.40. The Morgan fingerprint density at radius 3 is 2.95 bits per heavy atom. The first-order valence-electron chi connectivity index (χ1n) is 6.98. The molecule has 9 heteroatoms. The molecule has 3 heterocycles. The number of rotatable bonds is 2. The lowest BCUT2D eigenvalue weighted by molar-refractivity contribution is -0.0643. The van der Waals surface area contributed by atoms with Crippen molar-refractivity contribution >= 4 is 11.3 Å². The number of aliphatic hydroxyl groups excluding tert-OH is 2. The highest BCUT2D eigenvalue weighted by molar-refractivity contribution is 5.66. The Balaban J connectivity index is 2.19. The summed E-state index contributed by atoms with van der Waals surface area (Å²) in [5, 5.41) is 43.2. The van der Waals surface area contributed by atoms with Crippen LogP contribution in [0.15, 0.2) is 18.5 Å². The summed E-state index contributed by atoms with van der Waals surface area (Å²) < 4.78 is 21.1. The molecule has 9 nitrogen and oxygen atoms in total. The molecule has 1 aliphatic heterocycles. The van der Waals surface area contributed by atoms with Crippen molar-refractivity contribution in [2.75, 3.05) is 12.3 Å². The molecule has 0 radical (unpaired) electrons. The molecule has 0 aromatic carbocycles. The highest BCUT2D eigenvalue weighted by Crippen LogP contribution is 2.40. The number of ether oxygens (including phenoxy) is 1. The molecule has 5 N–H and O–H groups in total. The van der Waals surface area contributed by atoms with Crippen LogP contribution in [-0.2, 0) is 10.3 Å². The van der Waals surface area contributed by atoms with Gasteiger partial charge in [-0.2, -0.15) is 10.4 Å². The van der Waals surface area contributed by atoms with Crippen LogP contribution in [0.4, 0.5) is 5.82 Å². The monoisotopic (exact) mass is 293 g/mol. The summed E-state index contributed by atoms with van der Waals surface area (Å²) in [6, 6.07) is 4.63. The second kappa shape index (κ2) is 4.64. The predicted octanol–water partition coefficient (Wildman–Crippen LogP) is -1.86. The van der Waals surface area contributed by atoms with Crippen molar-refractivity contribution < 1.29 is 22.8 Å². The second-order valence-electron chi connectivity index (χ2n) is 4.61. The minimum atomic E-state index is -2.96. The van der Waals surface area contributed by atoms with E-state index in [0.717, 1.165) is 6.33 Å². The molecule has 0 bridgehead atoms. The van der Waals surface area contributed by atoms with Gasteiger partial charge in [0.05, 0.1) is 15.0 Å². The summed E-state index contributed by atoms with van der Waals surface area (Å²) in [6.45, 7) is -2.96. The third-order valence-electron chi connectivity index (χ3n) is 3.52. The number of aliphatic hydroxyl groups is 3. The fourth-order valence-corrected chi connectivity index (χ4v) is 2.44. The number of hydrogen-bond donors (Lipinski definition) is 4. The van der Waals surface area contributed by atoms with Crippen LogP contribution in [0.3, 0.4) is 0 Å². The first-order chi connectivity index (χ1) is 10.7. The van der Waals surface area contributed by atoms with Crippen molar-refractivity contribution in [2.24, 2.45) is 0 Å². The molecule has 110 valence electrons. The maximum atomic E-state index is 10.3. The first-order valence-corrected chi connectivity index (χ1v) is 5.98. The molecule has 21 heavy (non-hydrogen) atoms. The minimum absolute atomic E-state index is 0.0300. The number of aromatic nitrogens is 3. The van der Waals surface area contributed by atoms with Crippen LogP contribution in [0, 0.1) is 11.3 Å². The molecule has 1 fully saturated rings. The van der Waals surface area contributed by atoms with Crippen molar-refractivity contribution in [1.29, 1.82) is 5.26 Å². The summed E-state index contributed by atoms with van der Waals surface area (Å²) in [7, 11) is 0. The highest BCUT2D eigenvalue weighted by Gasteiger charge is 2.57. The van der Waals surface area contributed by atoms with Crippen molar-refractivity contribution in [3.8, 4) is 6.07 Å². The number of nitrogen functional groups attached to an aromatic ring is 1. The van der Waals surface area contributed by atoms with Gasteiger partial charge in [0.15, 0.2) is 5.82 Å². The van der Waals surface area contributed by atoms with Crippen LogP contribution < -0.4 is 5.73 Å². The molecule has 0 spiro atoms. The molecule has 1 saturated heterocycles. The van der Waals surface area contributed by atoms with Gasteiger partial charge in [0.2, 0.25) is 5.60 Å². The lowest BCUT2D eigenvalue weighted by Gasteiger charge is -2.24. The minimum Gasteiger partial charge on any atom is -0.394 e. The Bertz CT molecular complexity index is 801. The predicted molar refractivity (Wildman–Crippen MR) is 68.7 cm³/mol. The summed E-state index contributed by atoms with van der Waals surface area (Å²) in [5.41, 5.74) is 3.95. The average molecular weight is 293 g/mol. The van der Waals surface area contributed by atoms with Gasteiger partial charge in [0, 0.05) is 0 Å². The average Bonchev–Trinajstić information content (AvgIpc) is 3.02. The van der Waals surface area contributed by atoms with E-state index in [4.69, 9.17) is 13.2 Å². The number of nitrogens with zero attached hydrogens (tertiary/aromatic N) is 4. The van der Waals surface area contributed by atoms with Gasteiger partial charge >= 0.3 is 0 Å². The van der Waals surface area contributed by atoms with Crippen molar-refractivity contribution in [1.82, 2.24) is 14.6 Å². The lowest BCUT2D eigenvalue weighted by atomic mass is 9.92. The molecule has 3 rings (SSSR count). The Kier molecular flexibility index (Phi) is 2.52. The molecule has 2 aromatic heterocycles. The van der Waals surface area contributed by atoms with Crippen LogP contribution in [-0.4, -0.2) is 54.8 Å². The molecule has 0 amide bonds. The van der Waals surface area contributed by atoms with Crippen LogP contribution in [0.25, 0.3) is 5.52 Å². The summed E-state index contributed by atoms with van der Waals surface area (Å²) in [5.74, 6) is 0.126. The maximum absolute atomic E-state index is 10.3. The van der Waals surface area contributed by atoms with E-state index in [1.807, 2.05) is 0 Å². The third-order valence-corrected chi connectivity index (χ3v) is 3.52. The van der Waals surface area contributed by atoms with E-state index < -0.39 is 30.5 Å². The van der Waals surface area contributed by atoms with E-state index in [9.17, 15) is 20.6 Å². The van der Waals surface area contributed by atoms with Gasteiger partial charge < -0.3 is 25.8 Å². The van der Waals surface area contributed by atoms with Gasteiger partial charge in [0.25, 0.3) is 0 Å². The van der Waals surface area contributed by atoms with Crippen LogP contribution in [0.5, 0.6) is 0 Å². The van der Waals surface area contributed by atoms with Gasteiger partial charge in [-0.25, -0.2) is 9.50 Å². The number of nitrogens with two attached hydrogens (primary N) is 1. The molecular weight excluding hydrogens is 278 g/mol. The summed E-state index contributed by atoms with van der Waals surface area (Å²) >= 11 is 0. The zero-order valence-corrected chi connectivity index (χ0v) is 10.6. The van der Waals surface area contributed by atoms with E-state index in [0.29, 0.717) is 5.52 Å². The van der Waals surface area contributed by atoms with E-state index in [1.54, 1.807) is 6.07 Å². The zero-order chi connectivity index (χ0) is 17.0. The standard InChI is InChI=1S/C12H13N5O4/c13-4-12(10(20)9(19)7(3-18)21-12)8-2-1-6-11(14)15-5-16-17(6)8/h1-2,5,7,9-10,18-20H,3H2,(H2,14,15,16)/t7-,9-,10-,12+/m1/s1/i3D2. The Hall–Kier alpha value is -2.25. The SMILES string of the molecule is [2H]C([2H])(O)[C@H]1O[C@@](C#N)(c2ccc3c(N)ncnn23)[C@H](O)[C@@H]1O. The Morgan fingerprint density at radius 2 is 2.33 bits per heavy atom. The van der Waals surface area contributed by atoms with E-state index in [2.05, 4.69) is 10.1 Å². The number of nitriles is 1. The summed E-state index contributed by atoms with van der Waals surface area (Å²) in [6.07, 6.45) is -4.31. The molecule has 4 atom stereocenters.